The average Bonchev–Trinajstić information content (AvgIpc) is 2.67. The number of H-pyrrole nitrogens is 1. The fourth-order valence-corrected chi connectivity index (χ4v) is 4.10. The molecule has 0 aliphatic carbocycles. The zero-order valence-corrected chi connectivity index (χ0v) is 18.0. The van der Waals surface area contributed by atoms with Gasteiger partial charge in [0.05, 0.1) is 16.2 Å². The number of carbonyl (C=O) groups excluding carboxylic acids is 1. The van der Waals surface area contributed by atoms with Gasteiger partial charge in [-0.05, 0) is 44.2 Å². The van der Waals surface area contributed by atoms with Crippen molar-refractivity contribution in [2.24, 2.45) is 0 Å². The molecule has 1 unspecified atom stereocenters. The molecular weight excluding hydrogens is 444 g/mol. The van der Waals surface area contributed by atoms with Gasteiger partial charge in [-0.15, -0.1) is 0 Å². The summed E-state index contributed by atoms with van der Waals surface area (Å²) >= 11 is 0.951. The fourth-order valence-electron chi connectivity index (χ4n) is 2.34. The van der Waals surface area contributed by atoms with E-state index >= 15 is 0 Å². The smallest absolute Gasteiger partial charge is 0.264 e. The molecule has 1 amide bonds. The first-order valence-electron chi connectivity index (χ1n) is 8.83. The highest BCUT2D eigenvalue weighted by molar-refractivity contribution is 8.00. The maximum absolute atomic E-state index is 12.5. The SMILES string of the molecule is Cc1ccnc(NS(=O)(=O)c2ccc(NC(=O)C(C)Sc3nc(O)cc(=O)[nH]3)cc2)n1. The van der Waals surface area contributed by atoms with Crippen molar-refractivity contribution in [1.82, 2.24) is 19.9 Å². The third kappa shape index (κ3) is 6.02. The van der Waals surface area contributed by atoms with E-state index < -0.39 is 32.6 Å². The van der Waals surface area contributed by atoms with E-state index in [9.17, 15) is 23.1 Å². The molecule has 0 aliphatic heterocycles. The van der Waals surface area contributed by atoms with Crippen LogP contribution in [0, 0.1) is 6.92 Å². The molecule has 11 nitrogen and oxygen atoms in total. The summed E-state index contributed by atoms with van der Waals surface area (Å²) in [6, 6.07) is 8.11. The van der Waals surface area contributed by atoms with Gasteiger partial charge >= 0.3 is 0 Å². The third-order valence-corrected chi connectivity index (χ3v) is 6.14. The van der Waals surface area contributed by atoms with Gasteiger partial charge in [0.15, 0.2) is 5.16 Å². The molecule has 0 spiro atoms. The molecule has 3 aromatic rings. The molecule has 1 aromatic carbocycles. The molecule has 4 N–H and O–H groups in total. The number of aryl methyl sites for hydroxylation is 1. The quantitative estimate of drug-likeness (QED) is 0.300. The molecule has 0 saturated carbocycles. The number of thioether (sulfide) groups is 1. The van der Waals surface area contributed by atoms with Crippen LogP contribution in [0.15, 0.2) is 57.4 Å². The van der Waals surface area contributed by atoms with E-state index in [1.165, 1.54) is 30.5 Å². The predicted octanol–water partition coefficient (Wildman–Crippen LogP) is 1.49. The lowest BCUT2D eigenvalue weighted by molar-refractivity contribution is -0.115. The first-order chi connectivity index (χ1) is 14.6. The lowest BCUT2D eigenvalue weighted by Gasteiger charge is -2.12. The Balaban J connectivity index is 1.65. The highest BCUT2D eigenvalue weighted by Gasteiger charge is 2.18. The Labute approximate surface area is 181 Å². The third-order valence-electron chi connectivity index (χ3n) is 3.82. The van der Waals surface area contributed by atoms with Crippen LogP contribution in [0.3, 0.4) is 0 Å². The van der Waals surface area contributed by atoms with Crippen LogP contribution in [0.25, 0.3) is 0 Å². The number of aromatic amines is 1. The number of nitrogens with one attached hydrogen (secondary N) is 3. The number of benzene rings is 1. The highest BCUT2D eigenvalue weighted by atomic mass is 32.2. The molecule has 3 rings (SSSR count). The lowest BCUT2D eigenvalue weighted by Crippen LogP contribution is -2.23. The number of hydrogen-bond acceptors (Lipinski definition) is 9. The summed E-state index contributed by atoms with van der Waals surface area (Å²) in [4.78, 5) is 37.7. The monoisotopic (exact) mass is 462 g/mol. The minimum atomic E-state index is -3.90. The molecule has 0 radical (unpaired) electrons. The Kier molecular flexibility index (Phi) is 6.56. The average molecular weight is 463 g/mol. The molecular formula is C18H18N6O5S2. The summed E-state index contributed by atoms with van der Waals surface area (Å²) in [6.07, 6.45) is 1.44. The summed E-state index contributed by atoms with van der Waals surface area (Å²) in [5, 5.41) is 11.5. The molecule has 1 atom stereocenters. The number of amides is 1. The van der Waals surface area contributed by atoms with Gasteiger partial charge in [0, 0.05) is 17.6 Å². The highest BCUT2D eigenvalue weighted by Crippen LogP contribution is 2.22. The van der Waals surface area contributed by atoms with Crippen molar-refractivity contribution in [1.29, 1.82) is 0 Å². The molecule has 0 fully saturated rings. The first-order valence-corrected chi connectivity index (χ1v) is 11.2. The maximum Gasteiger partial charge on any atom is 0.264 e. The van der Waals surface area contributed by atoms with E-state index in [0.717, 1.165) is 17.8 Å². The van der Waals surface area contributed by atoms with Crippen molar-refractivity contribution in [3.63, 3.8) is 0 Å². The van der Waals surface area contributed by atoms with Crippen LogP contribution in [0.4, 0.5) is 11.6 Å². The first kappa shape index (κ1) is 22.2. The summed E-state index contributed by atoms with van der Waals surface area (Å²) in [5.74, 6) is -0.889. The fraction of sp³-hybridized carbons (Fsp3) is 0.167. The molecule has 0 bridgehead atoms. The van der Waals surface area contributed by atoms with Crippen molar-refractivity contribution < 1.29 is 18.3 Å². The van der Waals surface area contributed by atoms with Crippen LogP contribution in [0.1, 0.15) is 12.6 Å². The number of anilines is 2. The number of rotatable bonds is 7. The van der Waals surface area contributed by atoms with Crippen molar-refractivity contribution in [3.05, 3.63) is 58.6 Å². The molecule has 2 heterocycles. The Morgan fingerprint density at radius 3 is 2.55 bits per heavy atom. The van der Waals surface area contributed by atoms with Gasteiger partial charge in [-0.2, -0.15) is 4.98 Å². The van der Waals surface area contributed by atoms with Gasteiger partial charge < -0.3 is 15.4 Å². The maximum atomic E-state index is 12.5. The molecule has 162 valence electrons. The van der Waals surface area contributed by atoms with E-state index in [1.807, 2.05) is 0 Å². The number of aromatic hydroxyl groups is 1. The molecule has 0 saturated heterocycles. The topological polar surface area (TPSA) is 167 Å². The Bertz CT molecular complexity index is 1260. The number of carbonyl (C=O) groups is 1. The predicted molar refractivity (Wildman–Crippen MR) is 114 cm³/mol. The largest absolute Gasteiger partial charge is 0.493 e. The zero-order valence-electron chi connectivity index (χ0n) is 16.4. The van der Waals surface area contributed by atoms with E-state index in [1.54, 1.807) is 19.9 Å². The van der Waals surface area contributed by atoms with Crippen LogP contribution in [-0.2, 0) is 14.8 Å². The van der Waals surface area contributed by atoms with Crippen molar-refractivity contribution >= 4 is 39.3 Å². The van der Waals surface area contributed by atoms with Crippen LogP contribution >= 0.6 is 11.8 Å². The lowest BCUT2D eigenvalue weighted by atomic mass is 10.3. The van der Waals surface area contributed by atoms with E-state index in [0.29, 0.717) is 11.4 Å². The Morgan fingerprint density at radius 2 is 1.90 bits per heavy atom. The van der Waals surface area contributed by atoms with Crippen molar-refractivity contribution in [2.45, 2.75) is 29.1 Å². The summed E-state index contributed by atoms with van der Waals surface area (Å²) < 4.78 is 27.2. The second kappa shape index (κ2) is 9.14. The molecule has 13 heteroatoms. The number of sulfonamides is 1. The zero-order chi connectivity index (χ0) is 22.6. The molecule has 2 aromatic heterocycles. The Morgan fingerprint density at radius 1 is 1.19 bits per heavy atom. The van der Waals surface area contributed by atoms with Crippen LogP contribution in [0.2, 0.25) is 0 Å². The molecule has 0 aliphatic rings. The van der Waals surface area contributed by atoms with Crippen molar-refractivity contribution in [2.75, 3.05) is 10.0 Å². The van der Waals surface area contributed by atoms with Gasteiger partial charge in [-0.3, -0.25) is 9.59 Å². The van der Waals surface area contributed by atoms with Gasteiger partial charge in [-0.1, -0.05) is 11.8 Å². The molecule has 31 heavy (non-hydrogen) atoms. The summed E-state index contributed by atoms with van der Waals surface area (Å²) in [5.41, 5.74) is 0.451. The van der Waals surface area contributed by atoms with Crippen LogP contribution in [-0.4, -0.2) is 44.6 Å². The number of hydrogen-bond donors (Lipinski definition) is 4. The van der Waals surface area contributed by atoms with Gasteiger partial charge in [0.25, 0.3) is 15.6 Å². The minimum absolute atomic E-state index is 0.0282. The summed E-state index contributed by atoms with van der Waals surface area (Å²) in [7, 11) is -3.90. The van der Waals surface area contributed by atoms with Crippen molar-refractivity contribution in [3.8, 4) is 5.88 Å². The standard InChI is InChI=1S/C18H18N6O5S2/c1-10-7-8-19-17(20-10)24-31(28,29)13-5-3-12(4-6-13)21-16(27)11(2)30-18-22-14(25)9-15(26)23-18/h3-9,11H,1-2H3,(H,21,27)(H,19,20,24)(H2,22,23,25,26). The van der Waals surface area contributed by atoms with Crippen LogP contribution < -0.4 is 15.6 Å². The van der Waals surface area contributed by atoms with Gasteiger partial charge in [0.2, 0.25) is 17.7 Å². The minimum Gasteiger partial charge on any atom is -0.493 e. The second-order valence-electron chi connectivity index (χ2n) is 6.31. The van der Waals surface area contributed by atoms with E-state index in [4.69, 9.17) is 0 Å². The normalized spacial score (nSPS) is 12.2. The number of aromatic nitrogens is 4. The summed E-state index contributed by atoms with van der Waals surface area (Å²) in [6.45, 7) is 3.30. The second-order valence-corrected chi connectivity index (χ2v) is 9.32. The van der Waals surface area contributed by atoms with Gasteiger partial charge in [-0.25, -0.2) is 23.1 Å². The van der Waals surface area contributed by atoms with E-state index in [2.05, 4.69) is 30.0 Å². The Hall–Kier alpha value is -3.45. The number of nitrogens with zero attached hydrogens (tertiary/aromatic N) is 3. The van der Waals surface area contributed by atoms with Gasteiger partial charge in [0.1, 0.15) is 0 Å². The van der Waals surface area contributed by atoms with E-state index in [-0.39, 0.29) is 16.0 Å². The van der Waals surface area contributed by atoms with Crippen LogP contribution in [0.5, 0.6) is 5.88 Å².